The molecule has 2 bridgehead atoms. The first-order valence-electron chi connectivity index (χ1n) is 4.42. The normalized spacial score (nSPS) is 44.7. The average molecular weight is 168 g/mol. The number of hydrogen-bond donors (Lipinski definition) is 1. The van der Waals surface area contributed by atoms with Crippen LogP contribution in [0.25, 0.3) is 0 Å². The lowest BCUT2D eigenvalue weighted by Crippen LogP contribution is -2.30. The smallest absolute Gasteiger partial charge is 0.307 e. The maximum atomic E-state index is 10.8. The Morgan fingerprint density at radius 2 is 2.00 bits per heavy atom. The summed E-state index contributed by atoms with van der Waals surface area (Å²) in [6, 6.07) is 0. The van der Waals surface area contributed by atoms with E-state index >= 15 is 0 Å². The van der Waals surface area contributed by atoms with Crippen LogP contribution in [0, 0.1) is 23.7 Å². The third-order valence-corrected chi connectivity index (χ3v) is 3.42. The molecule has 2 fully saturated rings. The summed E-state index contributed by atoms with van der Waals surface area (Å²) in [7, 11) is 0. The van der Waals surface area contributed by atoms with Gasteiger partial charge in [0.15, 0.2) is 0 Å². The molecule has 0 spiro atoms. The Morgan fingerprint density at radius 1 is 1.33 bits per heavy atom. The summed E-state index contributed by atoms with van der Waals surface area (Å²) in [5, 5.41) is 8.88. The molecular weight excluding hydrogens is 156 g/mol. The Morgan fingerprint density at radius 3 is 2.50 bits per heavy atom. The molecule has 0 heterocycles. The predicted molar refractivity (Wildman–Crippen MR) is 41.5 cm³/mol. The van der Waals surface area contributed by atoms with Gasteiger partial charge in [0.25, 0.3) is 0 Å². The lowest BCUT2D eigenvalue weighted by atomic mass is 9.80. The van der Waals surface area contributed by atoms with Crippen molar-refractivity contribution in [3.63, 3.8) is 0 Å². The molecule has 4 atom stereocenters. The van der Waals surface area contributed by atoms with Gasteiger partial charge in [0.1, 0.15) is 6.29 Å². The average Bonchev–Trinajstić information content (AvgIpc) is 2.60. The number of carboxylic acid groups (broad SMARTS) is 1. The fourth-order valence-corrected chi connectivity index (χ4v) is 2.90. The molecule has 2 aliphatic carbocycles. The van der Waals surface area contributed by atoms with Crippen LogP contribution < -0.4 is 0 Å². The van der Waals surface area contributed by atoms with Crippen LogP contribution in [0.5, 0.6) is 0 Å². The minimum absolute atomic E-state index is 0.193. The summed E-state index contributed by atoms with van der Waals surface area (Å²) < 4.78 is 0. The van der Waals surface area contributed by atoms with Gasteiger partial charge in [-0.1, -0.05) is 0 Å². The molecule has 66 valence electrons. The summed E-state index contributed by atoms with van der Waals surface area (Å²) in [5.41, 5.74) is 0. The number of carbonyl (C=O) groups is 2. The number of aldehydes is 1. The topological polar surface area (TPSA) is 54.4 Å². The Balaban J connectivity index is 2.21. The van der Waals surface area contributed by atoms with E-state index in [2.05, 4.69) is 0 Å². The number of carboxylic acids is 1. The Kier molecular flexibility index (Phi) is 1.67. The summed E-state index contributed by atoms with van der Waals surface area (Å²) in [6.07, 6.45) is 3.87. The largest absolute Gasteiger partial charge is 0.481 e. The SMILES string of the molecule is O=C[C@@H]1C2CC[C@@H](C2)[C@@H]1C(=O)O. The van der Waals surface area contributed by atoms with Crippen molar-refractivity contribution in [3.05, 3.63) is 0 Å². The highest BCUT2D eigenvalue weighted by atomic mass is 16.4. The number of rotatable bonds is 2. The molecule has 3 heteroatoms. The third-order valence-electron chi connectivity index (χ3n) is 3.42. The van der Waals surface area contributed by atoms with Gasteiger partial charge in [0, 0.05) is 5.92 Å². The summed E-state index contributed by atoms with van der Waals surface area (Å²) in [4.78, 5) is 21.5. The Bertz CT molecular complexity index is 224. The summed E-state index contributed by atoms with van der Waals surface area (Å²) >= 11 is 0. The molecule has 2 aliphatic rings. The van der Waals surface area contributed by atoms with Crippen LogP contribution in [-0.2, 0) is 9.59 Å². The lowest BCUT2D eigenvalue weighted by molar-refractivity contribution is -0.147. The molecule has 0 radical (unpaired) electrons. The van der Waals surface area contributed by atoms with Crippen molar-refractivity contribution >= 4 is 12.3 Å². The highest BCUT2D eigenvalue weighted by molar-refractivity contribution is 5.76. The number of fused-ring (bicyclic) bond motifs is 2. The summed E-state index contributed by atoms with van der Waals surface area (Å²) in [6.45, 7) is 0. The molecule has 1 unspecified atom stereocenters. The molecule has 1 N–H and O–H groups in total. The predicted octanol–water partition coefficient (Wildman–Crippen LogP) is 0.932. The van der Waals surface area contributed by atoms with Crippen LogP contribution in [0.2, 0.25) is 0 Å². The van der Waals surface area contributed by atoms with Crippen molar-refractivity contribution in [1.29, 1.82) is 0 Å². The molecule has 0 aromatic carbocycles. The molecule has 0 aromatic heterocycles. The highest BCUT2D eigenvalue weighted by Gasteiger charge is 2.50. The first-order chi connectivity index (χ1) is 5.74. The number of aliphatic carboxylic acids is 1. The zero-order chi connectivity index (χ0) is 8.72. The molecule has 12 heavy (non-hydrogen) atoms. The van der Waals surface area contributed by atoms with Crippen molar-refractivity contribution in [1.82, 2.24) is 0 Å². The van der Waals surface area contributed by atoms with E-state index in [0.29, 0.717) is 5.92 Å². The fourth-order valence-electron chi connectivity index (χ4n) is 2.90. The second-order valence-electron chi connectivity index (χ2n) is 3.91. The minimum Gasteiger partial charge on any atom is -0.481 e. The monoisotopic (exact) mass is 168 g/mol. The van der Waals surface area contributed by atoms with Gasteiger partial charge in [0.05, 0.1) is 5.92 Å². The highest BCUT2D eigenvalue weighted by Crippen LogP contribution is 2.51. The first-order valence-corrected chi connectivity index (χ1v) is 4.42. The third kappa shape index (κ3) is 0.886. The molecule has 0 amide bonds. The lowest BCUT2D eigenvalue weighted by Gasteiger charge is -2.22. The van der Waals surface area contributed by atoms with Gasteiger partial charge in [-0.2, -0.15) is 0 Å². The zero-order valence-corrected chi connectivity index (χ0v) is 6.77. The van der Waals surface area contributed by atoms with Crippen molar-refractivity contribution in [3.8, 4) is 0 Å². The van der Waals surface area contributed by atoms with Crippen LogP contribution in [0.4, 0.5) is 0 Å². The molecule has 3 nitrogen and oxygen atoms in total. The Hall–Kier alpha value is -0.860. The van der Waals surface area contributed by atoms with Crippen LogP contribution in [-0.4, -0.2) is 17.4 Å². The number of hydrogen-bond acceptors (Lipinski definition) is 2. The molecule has 2 saturated carbocycles. The van der Waals surface area contributed by atoms with Gasteiger partial charge in [-0.3, -0.25) is 4.79 Å². The van der Waals surface area contributed by atoms with E-state index in [1.165, 1.54) is 0 Å². The van der Waals surface area contributed by atoms with Crippen molar-refractivity contribution in [2.24, 2.45) is 23.7 Å². The van der Waals surface area contributed by atoms with E-state index in [1.54, 1.807) is 0 Å². The number of carbonyl (C=O) groups excluding carboxylic acids is 1. The fraction of sp³-hybridized carbons (Fsp3) is 0.778. The molecule has 0 aromatic rings. The van der Waals surface area contributed by atoms with Gasteiger partial charge < -0.3 is 9.90 Å². The molecule has 2 rings (SSSR count). The van der Waals surface area contributed by atoms with Crippen LogP contribution in [0.15, 0.2) is 0 Å². The molecular formula is C9H12O3. The summed E-state index contributed by atoms with van der Waals surface area (Å²) in [5.74, 6) is -0.696. The van der Waals surface area contributed by atoms with Crippen molar-refractivity contribution in [2.45, 2.75) is 19.3 Å². The van der Waals surface area contributed by atoms with E-state index < -0.39 is 5.97 Å². The van der Waals surface area contributed by atoms with Gasteiger partial charge in [-0.25, -0.2) is 0 Å². The quantitative estimate of drug-likeness (QED) is 0.624. The second kappa shape index (κ2) is 2.57. The zero-order valence-electron chi connectivity index (χ0n) is 6.77. The Labute approximate surface area is 70.8 Å². The minimum atomic E-state index is -0.778. The van der Waals surface area contributed by atoms with Crippen LogP contribution in [0.1, 0.15) is 19.3 Å². The van der Waals surface area contributed by atoms with Crippen molar-refractivity contribution < 1.29 is 14.7 Å². The van der Waals surface area contributed by atoms with E-state index in [4.69, 9.17) is 5.11 Å². The standard InChI is InChI=1S/C9H12O3/c10-4-7-5-1-2-6(3-5)8(7)9(11)12/h4-8H,1-3H2,(H,11,12)/t5?,6-,7+,8-/m0/s1. The van der Waals surface area contributed by atoms with Gasteiger partial charge in [0.2, 0.25) is 0 Å². The first kappa shape index (κ1) is 7.77. The van der Waals surface area contributed by atoms with Gasteiger partial charge in [-0.15, -0.1) is 0 Å². The van der Waals surface area contributed by atoms with E-state index in [-0.39, 0.29) is 17.8 Å². The van der Waals surface area contributed by atoms with E-state index in [1.807, 2.05) is 0 Å². The maximum Gasteiger partial charge on any atom is 0.307 e. The van der Waals surface area contributed by atoms with Crippen molar-refractivity contribution in [2.75, 3.05) is 0 Å². The van der Waals surface area contributed by atoms with Gasteiger partial charge in [-0.05, 0) is 31.1 Å². The van der Waals surface area contributed by atoms with E-state index in [9.17, 15) is 9.59 Å². The second-order valence-corrected chi connectivity index (χ2v) is 3.91. The van der Waals surface area contributed by atoms with Crippen LogP contribution >= 0.6 is 0 Å². The van der Waals surface area contributed by atoms with E-state index in [0.717, 1.165) is 25.5 Å². The van der Waals surface area contributed by atoms with Gasteiger partial charge >= 0.3 is 5.97 Å². The molecule has 0 saturated heterocycles. The molecule has 0 aliphatic heterocycles. The van der Waals surface area contributed by atoms with Crippen LogP contribution in [0.3, 0.4) is 0 Å². The maximum absolute atomic E-state index is 10.8.